The molecule has 0 bridgehead atoms. The third-order valence-electron chi connectivity index (χ3n) is 4.58. The number of nitrogens with one attached hydrogen (secondary N) is 1. The van der Waals surface area contributed by atoms with Crippen LogP contribution in [0.1, 0.15) is 29.1 Å². The lowest BCUT2D eigenvalue weighted by molar-refractivity contribution is 0.0907. The van der Waals surface area contributed by atoms with Gasteiger partial charge in [0.1, 0.15) is 0 Å². The molecule has 0 atom stereocenters. The molecule has 0 unspecified atom stereocenters. The molecule has 27 heavy (non-hydrogen) atoms. The fourth-order valence-corrected chi connectivity index (χ4v) is 3.22. The Morgan fingerprint density at radius 1 is 1.07 bits per heavy atom. The zero-order valence-corrected chi connectivity index (χ0v) is 15.4. The van der Waals surface area contributed by atoms with Gasteiger partial charge in [0.25, 0.3) is 0 Å². The molecule has 0 radical (unpaired) electrons. The monoisotopic (exact) mass is 382 g/mol. The Morgan fingerprint density at radius 2 is 1.78 bits per heavy atom. The Kier molecular flexibility index (Phi) is 5.07. The maximum atomic E-state index is 12.2. The van der Waals surface area contributed by atoms with Gasteiger partial charge < -0.3 is 14.7 Å². The molecule has 3 aromatic rings. The lowest BCUT2D eigenvalue weighted by Crippen LogP contribution is -2.23. The average Bonchev–Trinajstić information content (AvgIpc) is 3.40. The van der Waals surface area contributed by atoms with Gasteiger partial charge in [-0.3, -0.25) is 4.79 Å². The molecule has 1 amide bonds. The van der Waals surface area contributed by atoms with E-state index in [9.17, 15) is 4.79 Å². The van der Waals surface area contributed by atoms with Crippen molar-refractivity contribution >= 4 is 23.2 Å². The molecule has 1 aliphatic rings. The van der Waals surface area contributed by atoms with Crippen molar-refractivity contribution in [2.24, 2.45) is 0 Å². The van der Waals surface area contributed by atoms with Gasteiger partial charge in [0.15, 0.2) is 0 Å². The van der Waals surface area contributed by atoms with E-state index >= 15 is 0 Å². The van der Waals surface area contributed by atoms with Gasteiger partial charge in [0, 0.05) is 35.9 Å². The maximum Gasteiger partial charge on any atom is 0.316 e. The van der Waals surface area contributed by atoms with Crippen LogP contribution >= 0.6 is 11.6 Å². The quantitative estimate of drug-likeness (QED) is 0.724. The number of anilines is 1. The van der Waals surface area contributed by atoms with Gasteiger partial charge in [-0.05, 0) is 54.8 Å². The normalized spacial score (nSPS) is 13.7. The minimum Gasteiger partial charge on any atom is -0.372 e. The number of hydrogen-bond acceptors (Lipinski definition) is 5. The lowest BCUT2D eigenvalue weighted by atomic mass is 10.2. The van der Waals surface area contributed by atoms with Crippen molar-refractivity contribution in [3.05, 3.63) is 65.0 Å². The first kappa shape index (κ1) is 17.5. The SMILES string of the molecule is O=C(NCc1ccc(Cl)cc1)c1nc(-c2ccc(N3CCCC3)cc2)no1. The predicted molar refractivity (Wildman–Crippen MR) is 104 cm³/mol. The van der Waals surface area contributed by atoms with Crippen LogP contribution in [0.5, 0.6) is 0 Å². The topological polar surface area (TPSA) is 71.3 Å². The van der Waals surface area contributed by atoms with Crippen molar-refractivity contribution in [2.75, 3.05) is 18.0 Å². The number of amides is 1. The Morgan fingerprint density at radius 3 is 2.48 bits per heavy atom. The van der Waals surface area contributed by atoms with Crippen molar-refractivity contribution in [3.63, 3.8) is 0 Å². The number of nitrogens with zero attached hydrogens (tertiary/aromatic N) is 3. The van der Waals surface area contributed by atoms with Gasteiger partial charge in [0.05, 0.1) is 0 Å². The second kappa shape index (κ2) is 7.80. The van der Waals surface area contributed by atoms with E-state index in [-0.39, 0.29) is 5.89 Å². The molecule has 0 spiro atoms. The molecule has 138 valence electrons. The summed E-state index contributed by atoms with van der Waals surface area (Å²) in [7, 11) is 0. The molecule has 0 saturated carbocycles. The highest BCUT2D eigenvalue weighted by molar-refractivity contribution is 6.30. The van der Waals surface area contributed by atoms with Crippen LogP contribution in [0.4, 0.5) is 5.69 Å². The number of halogens is 1. The van der Waals surface area contributed by atoms with Gasteiger partial charge in [0.2, 0.25) is 5.82 Å². The summed E-state index contributed by atoms with van der Waals surface area (Å²) >= 11 is 5.85. The zero-order chi connectivity index (χ0) is 18.6. The first-order valence-corrected chi connectivity index (χ1v) is 9.28. The number of carbonyl (C=O) groups is 1. The largest absolute Gasteiger partial charge is 0.372 e. The second-order valence-corrected chi connectivity index (χ2v) is 6.91. The fourth-order valence-electron chi connectivity index (χ4n) is 3.09. The Balaban J connectivity index is 1.40. The number of carbonyl (C=O) groups excluding carboxylic acids is 1. The minimum atomic E-state index is -0.405. The average molecular weight is 383 g/mol. The van der Waals surface area contributed by atoms with Crippen LogP contribution in [0.15, 0.2) is 53.1 Å². The summed E-state index contributed by atoms with van der Waals surface area (Å²) in [5, 5.41) is 7.34. The first-order valence-electron chi connectivity index (χ1n) is 8.91. The molecule has 1 fully saturated rings. The summed E-state index contributed by atoms with van der Waals surface area (Å²) in [6.07, 6.45) is 2.47. The van der Waals surface area contributed by atoms with E-state index in [1.807, 2.05) is 24.3 Å². The highest BCUT2D eigenvalue weighted by atomic mass is 35.5. The van der Waals surface area contributed by atoms with Crippen molar-refractivity contribution in [1.82, 2.24) is 15.5 Å². The van der Waals surface area contributed by atoms with Crippen LogP contribution < -0.4 is 10.2 Å². The number of hydrogen-bond donors (Lipinski definition) is 1. The summed E-state index contributed by atoms with van der Waals surface area (Å²) in [6, 6.07) is 15.3. The Bertz CT molecular complexity index is 916. The van der Waals surface area contributed by atoms with E-state index in [2.05, 4.69) is 32.5 Å². The molecule has 1 aliphatic heterocycles. The smallest absolute Gasteiger partial charge is 0.316 e. The minimum absolute atomic E-state index is 0.0532. The third kappa shape index (κ3) is 4.11. The van der Waals surface area contributed by atoms with Crippen LogP contribution in [0.3, 0.4) is 0 Å². The van der Waals surface area contributed by atoms with Crippen LogP contribution in [0, 0.1) is 0 Å². The van der Waals surface area contributed by atoms with Crippen molar-refractivity contribution in [1.29, 1.82) is 0 Å². The van der Waals surface area contributed by atoms with Gasteiger partial charge in [-0.1, -0.05) is 28.9 Å². The van der Waals surface area contributed by atoms with Gasteiger partial charge in [-0.25, -0.2) is 0 Å². The van der Waals surface area contributed by atoms with Crippen molar-refractivity contribution in [2.45, 2.75) is 19.4 Å². The van der Waals surface area contributed by atoms with E-state index in [1.54, 1.807) is 12.1 Å². The highest BCUT2D eigenvalue weighted by Gasteiger charge is 2.17. The predicted octanol–water partition coefficient (Wildman–Crippen LogP) is 3.92. The first-order chi connectivity index (χ1) is 13.2. The van der Waals surface area contributed by atoms with E-state index < -0.39 is 5.91 Å². The molecular formula is C20H19ClN4O2. The Hall–Kier alpha value is -2.86. The zero-order valence-electron chi connectivity index (χ0n) is 14.7. The fraction of sp³-hybridized carbons (Fsp3) is 0.250. The molecule has 2 heterocycles. The third-order valence-corrected chi connectivity index (χ3v) is 4.84. The summed E-state index contributed by atoms with van der Waals surface area (Å²) in [4.78, 5) is 18.8. The van der Waals surface area contributed by atoms with Crippen LogP contribution in [-0.2, 0) is 6.54 Å². The molecule has 2 aromatic carbocycles. The van der Waals surface area contributed by atoms with E-state index in [4.69, 9.17) is 16.1 Å². The summed E-state index contributed by atoms with van der Waals surface area (Å²) in [6.45, 7) is 2.55. The van der Waals surface area contributed by atoms with E-state index in [0.29, 0.717) is 17.4 Å². The van der Waals surface area contributed by atoms with Crippen molar-refractivity contribution in [3.8, 4) is 11.4 Å². The summed E-state index contributed by atoms with van der Waals surface area (Å²) in [5.74, 6) is -0.0559. The van der Waals surface area contributed by atoms with Gasteiger partial charge >= 0.3 is 11.8 Å². The van der Waals surface area contributed by atoms with Crippen molar-refractivity contribution < 1.29 is 9.32 Å². The standard InChI is InChI=1S/C20H19ClN4O2/c21-16-7-3-14(4-8-16)13-22-19(26)20-23-18(24-27-20)15-5-9-17(10-6-15)25-11-1-2-12-25/h3-10H,1-2,11-13H2,(H,22,26). The lowest BCUT2D eigenvalue weighted by Gasteiger charge is -2.17. The number of aromatic nitrogens is 2. The van der Waals surface area contributed by atoms with E-state index in [1.165, 1.54) is 18.5 Å². The molecule has 7 heteroatoms. The second-order valence-electron chi connectivity index (χ2n) is 6.47. The molecule has 4 rings (SSSR count). The highest BCUT2D eigenvalue weighted by Crippen LogP contribution is 2.24. The molecule has 1 saturated heterocycles. The van der Waals surface area contributed by atoms with Crippen LogP contribution in [0.2, 0.25) is 5.02 Å². The van der Waals surface area contributed by atoms with Gasteiger partial charge in [-0.2, -0.15) is 4.98 Å². The maximum absolute atomic E-state index is 12.2. The van der Waals surface area contributed by atoms with E-state index in [0.717, 1.165) is 24.2 Å². The molecule has 6 nitrogen and oxygen atoms in total. The molecule has 0 aliphatic carbocycles. The summed E-state index contributed by atoms with van der Waals surface area (Å²) < 4.78 is 5.11. The number of benzene rings is 2. The van der Waals surface area contributed by atoms with Crippen LogP contribution in [0.25, 0.3) is 11.4 Å². The molecule has 1 N–H and O–H groups in total. The molecule has 1 aromatic heterocycles. The summed E-state index contributed by atoms with van der Waals surface area (Å²) in [5.41, 5.74) is 2.95. The van der Waals surface area contributed by atoms with Crippen LogP contribution in [-0.4, -0.2) is 29.1 Å². The molecular weight excluding hydrogens is 364 g/mol. The Labute approximate surface area is 162 Å². The van der Waals surface area contributed by atoms with Gasteiger partial charge in [-0.15, -0.1) is 0 Å². The number of rotatable bonds is 5.